The summed E-state index contributed by atoms with van der Waals surface area (Å²) in [5, 5.41) is 10.4. The highest BCUT2D eigenvalue weighted by atomic mass is 35.5. The lowest BCUT2D eigenvalue weighted by molar-refractivity contribution is -0.137. The average Bonchev–Trinajstić information content (AvgIpc) is 3.13. The Labute approximate surface area is 172 Å². The number of aliphatic hydroxyl groups excluding tert-OH is 1. The van der Waals surface area contributed by atoms with Crippen LogP contribution in [-0.2, 0) is 17.4 Å². The zero-order valence-corrected chi connectivity index (χ0v) is 16.6. The maximum Gasteiger partial charge on any atom is 0.417 e. The van der Waals surface area contributed by atoms with Gasteiger partial charge in [-0.05, 0) is 66.1 Å². The van der Waals surface area contributed by atoms with Crippen molar-refractivity contribution in [2.24, 2.45) is 11.8 Å². The van der Waals surface area contributed by atoms with Crippen LogP contribution in [0.25, 0.3) is 16.7 Å². The first kappa shape index (κ1) is 20.0. The lowest BCUT2D eigenvalue weighted by Crippen LogP contribution is -2.22. The van der Waals surface area contributed by atoms with Crippen LogP contribution in [-0.4, -0.2) is 10.9 Å². The molecule has 2 aromatic carbocycles. The van der Waals surface area contributed by atoms with Crippen LogP contribution in [0.1, 0.15) is 42.9 Å². The molecule has 2 bridgehead atoms. The second kappa shape index (κ2) is 7.21. The number of fused-ring (bicyclic) bond motifs is 2. The van der Waals surface area contributed by atoms with E-state index < -0.39 is 11.7 Å². The molecular weight excluding hydrogens is 401 g/mol. The van der Waals surface area contributed by atoms with Crippen molar-refractivity contribution in [3.63, 3.8) is 0 Å². The van der Waals surface area contributed by atoms with Crippen LogP contribution in [0.4, 0.5) is 13.2 Å². The Morgan fingerprint density at radius 1 is 1.07 bits per heavy atom. The zero-order chi connectivity index (χ0) is 20.9. The number of aliphatic hydroxyl groups is 1. The molecule has 4 rings (SSSR count). The Balaban J connectivity index is 1.86. The van der Waals surface area contributed by atoms with E-state index in [1.165, 1.54) is 12.1 Å². The molecule has 0 aromatic heterocycles. The second-order valence-corrected chi connectivity index (χ2v) is 8.16. The Morgan fingerprint density at radius 3 is 2.41 bits per heavy atom. The molecule has 2 aliphatic rings. The summed E-state index contributed by atoms with van der Waals surface area (Å²) < 4.78 is 39.8. The van der Waals surface area contributed by atoms with Crippen LogP contribution < -0.4 is 0 Å². The summed E-state index contributed by atoms with van der Waals surface area (Å²) in [6, 6.07) is 9.06. The van der Waals surface area contributed by atoms with Crippen molar-refractivity contribution in [2.75, 3.05) is 0 Å². The molecule has 2 unspecified atom stereocenters. The van der Waals surface area contributed by atoms with E-state index in [1.807, 2.05) is 13.0 Å². The predicted octanol–water partition coefficient (Wildman–Crippen LogP) is 6.86. The minimum Gasteiger partial charge on any atom is -0.511 e. The van der Waals surface area contributed by atoms with Gasteiger partial charge in [-0.1, -0.05) is 36.7 Å². The molecule has 29 heavy (non-hydrogen) atoms. The predicted molar refractivity (Wildman–Crippen MR) is 107 cm³/mol. The molecule has 6 heteroatoms. The highest BCUT2D eigenvalue weighted by Crippen LogP contribution is 2.46. The number of Topliss-reactive ketones (excluding diaryl/α,β-unsaturated/α-hetero) is 1. The molecule has 0 aliphatic heterocycles. The molecule has 0 radical (unpaired) electrons. The standard InChI is InChI=1S/C23H20ClF3O2/c1-2-12-3-4-13(14-7-8-19(24)18(11-14)23(25,26)27)10-17(12)20-21(28)15-5-6-16(9-15)22(20)29/h3-4,7-8,10-11,15-16,28H,2,5-6,9H2,1H3. The van der Waals surface area contributed by atoms with Crippen LogP contribution in [0.2, 0.25) is 5.02 Å². The molecule has 2 aromatic rings. The smallest absolute Gasteiger partial charge is 0.417 e. The highest BCUT2D eigenvalue weighted by Gasteiger charge is 2.41. The number of rotatable bonds is 3. The summed E-state index contributed by atoms with van der Waals surface area (Å²) in [5.41, 5.74) is 1.85. The third kappa shape index (κ3) is 3.46. The van der Waals surface area contributed by atoms with Crippen molar-refractivity contribution in [1.29, 1.82) is 0 Å². The SMILES string of the molecule is CCc1ccc(-c2ccc(Cl)c(C(F)(F)F)c2)cc1C1=C(O)C2CCC(C2)C1=O. The van der Waals surface area contributed by atoms with Crippen molar-refractivity contribution >= 4 is 23.0 Å². The van der Waals surface area contributed by atoms with Crippen LogP contribution in [0, 0.1) is 11.8 Å². The first-order chi connectivity index (χ1) is 13.7. The summed E-state index contributed by atoms with van der Waals surface area (Å²) in [6.07, 6.45) is -1.67. The van der Waals surface area contributed by atoms with Gasteiger partial charge < -0.3 is 5.11 Å². The number of benzene rings is 2. The number of hydrogen-bond acceptors (Lipinski definition) is 2. The highest BCUT2D eigenvalue weighted by molar-refractivity contribution is 6.31. The number of aryl methyl sites for hydroxylation is 1. The molecule has 152 valence electrons. The van der Waals surface area contributed by atoms with E-state index in [4.69, 9.17) is 11.6 Å². The van der Waals surface area contributed by atoms with E-state index in [0.717, 1.165) is 24.5 Å². The zero-order valence-electron chi connectivity index (χ0n) is 15.8. The van der Waals surface area contributed by atoms with Crippen LogP contribution >= 0.6 is 11.6 Å². The number of halogens is 4. The second-order valence-electron chi connectivity index (χ2n) is 7.75. The molecule has 0 amide bonds. The van der Waals surface area contributed by atoms with Gasteiger partial charge in [0.25, 0.3) is 0 Å². The maximum absolute atomic E-state index is 13.3. The first-order valence-electron chi connectivity index (χ1n) is 9.68. The topological polar surface area (TPSA) is 37.3 Å². The monoisotopic (exact) mass is 420 g/mol. The Morgan fingerprint density at radius 2 is 1.72 bits per heavy atom. The van der Waals surface area contributed by atoms with E-state index in [-0.39, 0.29) is 28.4 Å². The van der Waals surface area contributed by atoms with Crippen molar-refractivity contribution < 1.29 is 23.1 Å². The van der Waals surface area contributed by atoms with Crippen molar-refractivity contribution in [2.45, 2.75) is 38.8 Å². The van der Waals surface area contributed by atoms with Gasteiger partial charge in [0.2, 0.25) is 0 Å². The van der Waals surface area contributed by atoms with E-state index in [2.05, 4.69) is 0 Å². The van der Waals surface area contributed by atoms with Crippen LogP contribution in [0.5, 0.6) is 0 Å². The van der Waals surface area contributed by atoms with Gasteiger partial charge in [-0.15, -0.1) is 0 Å². The van der Waals surface area contributed by atoms with Crippen molar-refractivity contribution in [1.82, 2.24) is 0 Å². The Kier molecular flexibility index (Phi) is 4.97. The van der Waals surface area contributed by atoms with Gasteiger partial charge in [0.1, 0.15) is 5.76 Å². The van der Waals surface area contributed by atoms with Gasteiger partial charge in [0, 0.05) is 11.8 Å². The van der Waals surface area contributed by atoms with E-state index in [1.54, 1.807) is 12.1 Å². The van der Waals surface area contributed by atoms with Gasteiger partial charge in [-0.2, -0.15) is 13.2 Å². The Hall–Kier alpha value is -2.27. The normalized spacial score (nSPS) is 21.8. The molecule has 1 saturated carbocycles. The maximum atomic E-state index is 13.3. The molecule has 1 N–H and O–H groups in total. The minimum atomic E-state index is -4.56. The lowest BCUT2D eigenvalue weighted by atomic mass is 9.81. The fraction of sp³-hybridized carbons (Fsp3) is 0.348. The summed E-state index contributed by atoms with van der Waals surface area (Å²) in [4.78, 5) is 13.0. The van der Waals surface area contributed by atoms with E-state index in [0.29, 0.717) is 35.1 Å². The average molecular weight is 421 g/mol. The number of carbonyl (C=O) groups excluding carboxylic acids is 1. The van der Waals surface area contributed by atoms with E-state index in [9.17, 15) is 23.1 Å². The fourth-order valence-corrected chi connectivity index (χ4v) is 4.72. The summed E-state index contributed by atoms with van der Waals surface area (Å²) in [5.74, 6) is -0.0158. The third-order valence-electron chi connectivity index (χ3n) is 6.06. The first-order valence-corrected chi connectivity index (χ1v) is 10.1. The largest absolute Gasteiger partial charge is 0.511 e. The van der Waals surface area contributed by atoms with Gasteiger partial charge in [0.15, 0.2) is 5.78 Å². The number of allylic oxidation sites excluding steroid dienone is 2. The van der Waals surface area contributed by atoms with Crippen molar-refractivity contribution in [3.8, 4) is 11.1 Å². The van der Waals surface area contributed by atoms with E-state index >= 15 is 0 Å². The van der Waals surface area contributed by atoms with Crippen LogP contribution in [0.15, 0.2) is 42.2 Å². The van der Waals surface area contributed by atoms with Gasteiger partial charge in [-0.3, -0.25) is 4.79 Å². The van der Waals surface area contributed by atoms with Gasteiger partial charge in [-0.25, -0.2) is 0 Å². The lowest BCUT2D eigenvalue weighted by Gasteiger charge is -2.23. The summed E-state index contributed by atoms with van der Waals surface area (Å²) in [7, 11) is 0. The number of hydrogen-bond donors (Lipinski definition) is 1. The number of ketones is 1. The molecule has 2 nitrogen and oxygen atoms in total. The van der Waals surface area contributed by atoms with Crippen molar-refractivity contribution in [3.05, 3.63) is 63.9 Å². The summed E-state index contributed by atoms with van der Waals surface area (Å²) >= 11 is 5.74. The number of carbonyl (C=O) groups is 1. The quantitative estimate of drug-likeness (QED) is 0.589. The molecular formula is C23H20ClF3O2. The molecule has 0 saturated heterocycles. The fourth-order valence-electron chi connectivity index (χ4n) is 4.49. The molecule has 1 fully saturated rings. The molecule has 0 spiro atoms. The van der Waals surface area contributed by atoms with Gasteiger partial charge >= 0.3 is 6.18 Å². The third-order valence-corrected chi connectivity index (χ3v) is 6.39. The number of alkyl halides is 3. The van der Waals surface area contributed by atoms with Gasteiger partial charge in [0.05, 0.1) is 16.2 Å². The molecule has 2 aliphatic carbocycles. The molecule has 0 heterocycles. The molecule has 2 atom stereocenters. The van der Waals surface area contributed by atoms with Crippen LogP contribution in [0.3, 0.4) is 0 Å². The Bertz CT molecular complexity index is 1020. The minimum absolute atomic E-state index is 0.00609. The summed E-state index contributed by atoms with van der Waals surface area (Å²) in [6.45, 7) is 1.95.